The lowest BCUT2D eigenvalue weighted by atomic mass is 10.1. The fourth-order valence-electron chi connectivity index (χ4n) is 1.88. The molecule has 6 nitrogen and oxygen atoms in total. The summed E-state index contributed by atoms with van der Waals surface area (Å²) in [6.07, 6.45) is 0. The minimum absolute atomic E-state index is 0.195. The molecule has 0 radical (unpaired) electrons. The Morgan fingerprint density at radius 2 is 1.81 bits per heavy atom. The third-order valence-corrected chi connectivity index (χ3v) is 2.97. The average molecular weight is 286 g/mol. The SMILES string of the molecule is CN(Cc1ccc(C(=O)O)cc1)C(=O)c1cccc(=O)[nH]1. The Morgan fingerprint density at radius 1 is 1.14 bits per heavy atom. The van der Waals surface area contributed by atoms with Crippen molar-refractivity contribution in [2.45, 2.75) is 6.54 Å². The molecule has 0 aliphatic carbocycles. The Labute approximate surface area is 120 Å². The highest BCUT2D eigenvalue weighted by molar-refractivity contribution is 5.92. The first-order valence-corrected chi connectivity index (χ1v) is 6.24. The van der Waals surface area contributed by atoms with Crippen molar-refractivity contribution in [1.82, 2.24) is 9.88 Å². The first kappa shape index (κ1) is 14.5. The monoisotopic (exact) mass is 286 g/mol. The van der Waals surface area contributed by atoms with E-state index in [1.165, 1.54) is 35.2 Å². The van der Waals surface area contributed by atoms with E-state index in [-0.39, 0.29) is 22.7 Å². The van der Waals surface area contributed by atoms with E-state index in [0.29, 0.717) is 6.54 Å². The zero-order valence-corrected chi connectivity index (χ0v) is 11.4. The van der Waals surface area contributed by atoms with Crippen molar-refractivity contribution < 1.29 is 14.7 Å². The Hall–Kier alpha value is -2.89. The van der Waals surface area contributed by atoms with Crippen LogP contribution >= 0.6 is 0 Å². The second-order valence-electron chi connectivity index (χ2n) is 4.59. The summed E-state index contributed by atoms with van der Waals surface area (Å²) in [5.74, 6) is -1.30. The molecule has 108 valence electrons. The molecule has 1 aromatic carbocycles. The molecule has 0 fully saturated rings. The van der Waals surface area contributed by atoms with Crippen LogP contribution in [-0.4, -0.2) is 33.9 Å². The number of nitrogens with zero attached hydrogens (tertiary/aromatic N) is 1. The van der Waals surface area contributed by atoms with Crippen molar-refractivity contribution in [3.63, 3.8) is 0 Å². The number of hydrogen-bond acceptors (Lipinski definition) is 3. The zero-order chi connectivity index (χ0) is 15.4. The normalized spacial score (nSPS) is 10.1. The molecule has 0 spiro atoms. The van der Waals surface area contributed by atoms with Gasteiger partial charge >= 0.3 is 5.97 Å². The fourth-order valence-corrected chi connectivity index (χ4v) is 1.88. The summed E-state index contributed by atoms with van der Waals surface area (Å²) < 4.78 is 0. The third kappa shape index (κ3) is 3.56. The van der Waals surface area contributed by atoms with Crippen molar-refractivity contribution in [2.24, 2.45) is 0 Å². The van der Waals surface area contributed by atoms with Crippen LogP contribution in [0.5, 0.6) is 0 Å². The first-order valence-electron chi connectivity index (χ1n) is 6.24. The molecule has 1 aromatic heterocycles. The van der Waals surface area contributed by atoms with E-state index in [0.717, 1.165) is 5.56 Å². The van der Waals surface area contributed by atoms with E-state index in [4.69, 9.17) is 5.11 Å². The third-order valence-electron chi connectivity index (χ3n) is 2.97. The van der Waals surface area contributed by atoms with Crippen LogP contribution in [0.25, 0.3) is 0 Å². The molecule has 6 heteroatoms. The highest BCUT2D eigenvalue weighted by Crippen LogP contribution is 2.08. The Kier molecular flexibility index (Phi) is 4.18. The van der Waals surface area contributed by atoms with Crippen LogP contribution in [0.15, 0.2) is 47.3 Å². The molecule has 21 heavy (non-hydrogen) atoms. The minimum atomic E-state index is -0.993. The standard InChI is InChI=1S/C15H14N2O4/c1-17(14(19)12-3-2-4-13(18)16-12)9-10-5-7-11(8-6-10)15(20)21/h2-8H,9H2,1H3,(H,16,18)(H,20,21). The maximum atomic E-state index is 12.1. The molecule has 0 unspecified atom stereocenters. The molecular weight excluding hydrogens is 272 g/mol. The topological polar surface area (TPSA) is 90.5 Å². The molecule has 2 rings (SSSR count). The van der Waals surface area contributed by atoms with Crippen molar-refractivity contribution >= 4 is 11.9 Å². The smallest absolute Gasteiger partial charge is 0.335 e. The fraction of sp³-hybridized carbons (Fsp3) is 0.133. The van der Waals surface area contributed by atoms with Crippen molar-refractivity contribution in [3.8, 4) is 0 Å². The van der Waals surface area contributed by atoms with E-state index in [9.17, 15) is 14.4 Å². The first-order chi connectivity index (χ1) is 9.97. The number of aromatic amines is 1. The number of aromatic carboxylic acids is 1. The number of carboxylic acid groups (broad SMARTS) is 1. The number of benzene rings is 1. The molecule has 2 N–H and O–H groups in total. The van der Waals surface area contributed by atoms with Crippen molar-refractivity contribution in [3.05, 3.63) is 69.6 Å². The molecule has 0 aliphatic heterocycles. The van der Waals surface area contributed by atoms with Gasteiger partial charge in [-0.15, -0.1) is 0 Å². The maximum Gasteiger partial charge on any atom is 0.335 e. The van der Waals surface area contributed by atoms with Gasteiger partial charge in [0, 0.05) is 19.7 Å². The number of carboxylic acids is 1. The molecule has 1 heterocycles. The summed E-state index contributed by atoms with van der Waals surface area (Å²) in [5, 5.41) is 8.82. The molecule has 0 atom stereocenters. The molecule has 2 aromatic rings. The highest BCUT2D eigenvalue weighted by atomic mass is 16.4. The van der Waals surface area contributed by atoms with Gasteiger partial charge in [0.05, 0.1) is 5.56 Å². The van der Waals surface area contributed by atoms with Crippen LogP contribution in [0.1, 0.15) is 26.4 Å². The minimum Gasteiger partial charge on any atom is -0.478 e. The van der Waals surface area contributed by atoms with E-state index in [1.807, 2.05) is 0 Å². The Bertz CT molecular complexity index is 719. The van der Waals surface area contributed by atoms with Crippen molar-refractivity contribution in [1.29, 1.82) is 0 Å². The summed E-state index contributed by atoms with van der Waals surface area (Å²) in [6.45, 7) is 0.315. The Morgan fingerprint density at radius 3 is 2.38 bits per heavy atom. The van der Waals surface area contributed by atoms with Crippen LogP contribution in [-0.2, 0) is 6.54 Å². The van der Waals surface area contributed by atoms with Gasteiger partial charge in [-0.1, -0.05) is 18.2 Å². The predicted molar refractivity (Wildman–Crippen MR) is 76.3 cm³/mol. The van der Waals surface area contributed by atoms with Gasteiger partial charge in [-0.2, -0.15) is 0 Å². The zero-order valence-electron chi connectivity index (χ0n) is 11.4. The number of aromatic nitrogens is 1. The molecule has 0 saturated heterocycles. The summed E-state index contributed by atoms with van der Waals surface area (Å²) in [4.78, 5) is 38.0. The molecule has 0 bridgehead atoms. The van der Waals surface area contributed by atoms with Crippen molar-refractivity contribution in [2.75, 3.05) is 7.05 Å². The number of amides is 1. The molecule has 0 aliphatic rings. The molecular formula is C15H14N2O4. The maximum absolute atomic E-state index is 12.1. The van der Waals surface area contributed by atoms with Gasteiger partial charge in [-0.05, 0) is 23.8 Å². The van der Waals surface area contributed by atoms with Gasteiger partial charge in [-0.25, -0.2) is 4.79 Å². The summed E-state index contributed by atoms with van der Waals surface area (Å²) in [7, 11) is 1.61. The van der Waals surface area contributed by atoms with E-state index >= 15 is 0 Å². The lowest BCUT2D eigenvalue weighted by Crippen LogP contribution is -2.28. The highest BCUT2D eigenvalue weighted by Gasteiger charge is 2.13. The quantitative estimate of drug-likeness (QED) is 0.887. The second kappa shape index (κ2) is 6.04. The van der Waals surface area contributed by atoms with Gasteiger partial charge in [0.1, 0.15) is 5.69 Å². The van der Waals surface area contributed by atoms with Crippen LogP contribution < -0.4 is 5.56 Å². The number of carbonyl (C=O) groups excluding carboxylic acids is 1. The second-order valence-corrected chi connectivity index (χ2v) is 4.59. The number of pyridine rings is 1. The van der Waals surface area contributed by atoms with Crippen LogP contribution in [0.2, 0.25) is 0 Å². The van der Waals surface area contributed by atoms with Crippen LogP contribution in [0, 0.1) is 0 Å². The van der Waals surface area contributed by atoms with Gasteiger partial charge in [0.15, 0.2) is 0 Å². The summed E-state index contributed by atoms with van der Waals surface area (Å²) in [6, 6.07) is 10.7. The van der Waals surface area contributed by atoms with Gasteiger partial charge < -0.3 is 15.0 Å². The van der Waals surface area contributed by atoms with Crippen LogP contribution in [0.3, 0.4) is 0 Å². The lowest BCUT2D eigenvalue weighted by molar-refractivity contribution is 0.0695. The van der Waals surface area contributed by atoms with E-state index in [2.05, 4.69) is 4.98 Å². The number of nitrogens with one attached hydrogen (secondary N) is 1. The largest absolute Gasteiger partial charge is 0.478 e. The molecule has 0 saturated carbocycles. The lowest BCUT2D eigenvalue weighted by Gasteiger charge is -2.17. The van der Waals surface area contributed by atoms with E-state index < -0.39 is 5.97 Å². The van der Waals surface area contributed by atoms with E-state index in [1.54, 1.807) is 19.2 Å². The summed E-state index contributed by atoms with van der Waals surface area (Å²) >= 11 is 0. The summed E-state index contributed by atoms with van der Waals surface area (Å²) in [5.41, 5.74) is 0.876. The number of H-pyrrole nitrogens is 1. The molecule has 1 amide bonds. The van der Waals surface area contributed by atoms with Gasteiger partial charge in [-0.3, -0.25) is 9.59 Å². The van der Waals surface area contributed by atoms with Gasteiger partial charge in [0.25, 0.3) is 5.91 Å². The number of rotatable bonds is 4. The number of carbonyl (C=O) groups is 2. The van der Waals surface area contributed by atoms with Crippen LogP contribution in [0.4, 0.5) is 0 Å². The predicted octanol–water partition coefficient (Wildman–Crippen LogP) is 1.35. The average Bonchev–Trinajstić information content (AvgIpc) is 2.47. The number of hydrogen-bond donors (Lipinski definition) is 2. The van der Waals surface area contributed by atoms with Gasteiger partial charge in [0.2, 0.25) is 5.56 Å². The Balaban J connectivity index is 2.10.